The minimum atomic E-state index is -3.75. The van der Waals surface area contributed by atoms with E-state index in [9.17, 15) is 17.9 Å². The number of aliphatic hydroxyl groups is 1. The first kappa shape index (κ1) is 18.3. The van der Waals surface area contributed by atoms with Gasteiger partial charge in [-0.3, -0.25) is 0 Å². The molecule has 0 aliphatic carbocycles. The van der Waals surface area contributed by atoms with Gasteiger partial charge in [0.2, 0.25) is 10.0 Å². The first-order valence-corrected chi connectivity index (χ1v) is 8.00. The fourth-order valence-electron chi connectivity index (χ4n) is 2.32. The summed E-state index contributed by atoms with van der Waals surface area (Å²) < 4.78 is 39.8. The molecular formula is C13H20ClFN2O3S. The number of hydrogen-bond acceptors (Lipinski definition) is 4. The highest BCUT2D eigenvalue weighted by Crippen LogP contribution is 2.19. The highest BCUT2D eigenvalue weighted by Gasteiger charge is 2.31. The van der Waals surface area contributed by atoms with Crippen molar-refractivity contribution in [3.63, 3.8) is 0 Å². The Balaban J connectivity index is 0.00000220. The monoisotopic (exact) mass is 338 g/mol. The molecular weight excluding hydrogens is 319 g/mol. The molecule has 1 aliphatic rings. The van der Waals surface area contributed by atoms with E-state index in [1.807, 2.05) is 0 Å². The second-order valence-corrected chi connectivity index (χ2v) is 6.97. The van der Waals surface area contributed by atoms with Gasteiger partial charge in [0.25, 0.3) is 0 Å². The van der Waals surface area contributed by atoms with Crippen LogP contribution in [0.15, 0.2) is 23.1 Å². The van der Waals surface area contributed by atoms with E-state index in [-0.39, 0.29) is 23.8 Å². The molecule has 1 fully saturated rings. The lowest BCUT2D eigenvalue weighted by Gasteiger charge is -2.32. The summed E-state index contributed by atoms with van der Waals surface area (Å²) in [6.07, 6.45) is 1.35. The van der Waals surface area contributed by atoms with Crippen LogP contribution in [0.1, 0.15) is 18.4 Å². The number of nitrogens with one attached hydrogen (secondary N) is 2. The molecule has 3 N–H and O–H groups in total. The average Bonchev–Trinajstić information content (AvgIpc) is 2.37. The molecule has 0 spiro atoms. The van der Waals surface area contributed by atoms with Crippen LogP contribution in [0.2, 0.25) is 0 Å². The Kier molecular flexibility index (Phi) is 6.12. The molecule has 1 aromatic rings. The quantitative estimate of drug-likeness (QED) is 0.763. The van der Waals surface area contributed by atoms with Crippen molar-refractivity contribution < 1.29 is 17.9 Å². The van der Waals surface area contributed by atoms with Crippen molar-refractivity contribution in [1.29, 1.82) is 0 Å². The van der Waals surface area contributed by atoms with E-state index >= 15 is 0 Å². The van der Waals surface area contributed by atoms with E-state index in [1.54, 1.807) is 0 Å². The molecule has 1 aliphatic heterocycles. The molecule has 8 heteroatoms. The molecule has 5 nitrogen and oxygen atoms in total. The Morgan fingerprint density at radius 3 is 2.76 bits per heavy atom. The molecule has 2 rings (SSSR count). The molecule has 0 bridgehead atoms. The lowest BCUT2D eigenvalue weighted by molar-refractivity contribution is 0.0218. The number of piperidine rings is 1. The van der Waals surface area contributed by atoms with E-state index in [2.05, 4.69) is 10.0 Å². The van der Waals surface area contributed by atoms with E-state index in [0.29, 0.717) is 18.5 Å². The largest absolute Gasteiger partial charge is 0.387 e. The van der Waals surface area contributed by atoms with Crippen LogP contribution in [0.4, 0.5) is 4.39 Å². The topological polar surface area (TPSA) is 78.4 Å². The van der Waals surface area contributed by atoms with Crippen LogP contribution >= 0.6 is 12.4 Å². The van der Waals surface area contributed by atoms with Gasteiger partial charge >= 0.3 is 0 Å². The van der Waals surface area contributed by atoms with Crippen LogP contribution in [0.25, 0.3) is 0 Å². The van der Waals surface area contributed by atoms with Crippen LogP contribution in [-0.2, 0) is 10.0 Å². The number of halogens is 2. The zero-order valence-electron chi connectivity index (χ0n) is 11.7. The summed E-state index contributed by atoms with van der Waals surface area (Å²) in [6.45, 7) is 2.66. The maximum Gasteiger partial charge on any atom is 0.240 e. The third-order valence-corrected chi connectivity index (χ3v) is 5.03. The highest BCUT2D eigenvalue weighted by atomic mass is 35.5. The predicted octanol–water partition coefficient (Wildman–Crippen LogP) is 0.949. The number of aryl methyl sites for hydroxylation is 1. The van der Waals surface area contributed by atoms with E-state index in [4.69, 9.17) is 0 Å². The Morgan fingerprint density at radius 1 is 1.48 bits per heavy atom. The lowest BCUT2D eigenvalue weighted by Crippen LogP contribution is -2.52. The first-order chi connectivity index (χ1) is 9.32. The number of β-amino-alcohol motifs (C(OH)–C–C–N with tert-alkyl or cyclic N) is 1. The van der Waals surface area contributed by atoms with Crippen molar-refractivity contribution in [2.45, 2.75) is 30.3 Å². The van der Waals surface area contributed by atoms with Crippen molar-refractivity contribution in [1.82, 2.24) is 10.0 Å². The summed E-state index contributed by atoms with van der Waals surface area (Å²) in [7, 11) is -3.75. The minimum Gasteiger partial charge on any atom is -0.387 e. The zero-order chi connectivity index (χ0) is 14.8. The number of hydrogen-bond donors (Lipinski definition) is 3. The summed E-state index contributed by atoms with van der Waals surface area (Å²) >= 11 is 0. The minimum absolute atomic E-state index is 0. The summed E-state index contributed by atoms with van der Waals surface area (Å²) in [5.41, 5.74) is -0.731. The Morgan fingerprint density at radius 2 is 2.19 bits per heavy atom. The Labute approximate surface area is 130 Å². The summed E-state index contributed by atoms with van der Waals surface area (Å²) in [5, 5.41) is 13.3. The van der Waals surface area contributed by atoms with Crippen LogP contribution in [0.5, 0.6) is 0 Å². The van der Waals surface area contributed by atoms with Gasteiger partial charge in [-0.2, -0.15) is 0 Å². The molecule has 0 aromatic heterocycles. The van der Waals surface area contributed by atoms with Crippen LogP contribution < -0.4 is 10.0 Å². The fraction of sp³-hybridized carbons (Fsp3) is 0.538. The molecule has 1 heterocycles. The second-order valence-electron chi connectivity index (χ2n) is 5.24. The molecule has 21 heavy (non-hydrogen) atoms. The van der Waals surface area contributed by atoms with Gasteiger partial charge in [-0.1, -0.05) is 0 Å². The molecule has 1 atom stereocenters. The molecule has 1 unspecified atom stereocenters. The average molecular weight is 339 g/mol. The van der Waals surface area contributed by atoms with Gasteiger partial charge in [0.05, 0.1) is 10.5 Å². The normalized spacial score (nSPS) is 22.6. The van der Waals surface area contributed by atoms with Crippen molar-refractivity contribution in [3.05, 3.63) is 29.6 Å². The van der Waals surface area contributed by atoms with Gasteiger partial charge in [-0.25, -0.2) is 17.5 Å². The van der Waals surface area contributed by atoms with Crippen molar-refractivity contribution >= 4 is 22.4 Å². The predicted molar refractivity (Wildman–Crippen MR) is 80.6 cm³/mol. The van der Waals surface area contributed by atoms with Gasteiger partial charge < -0.3 is 10.4 Å². The van der Waals surface area contributed by atoms with Gasteiger partial charge in [0.1, 0.15) is 5.82 Å². The third kappa shape index (κ3) is 4.62. The summed E-state index contributed by atoms with van der Waals surface area (Å²) in [5.74, 6) is -0.475. The summed E-state index contributed by atoms with van der Waals surface area (Å²) in [6, 6.07) is 3.51. The maximum atomic E-state index is 13.0. The molecule has 0 radical (unpaired) electrons. The lowest BCUT2D eigenvalue weighted by atomic mass is 9.95. The highest BCUT2D eigenvalue weighted by molar-refractivity contribution is 7.89. The molecule has 1 saturated heterocycles. The number of benzene rings is 1. The first-order valence-electron chi connectivity index (χ1n) is 6.51. The smallest absolute Gasteiger partial charge is 0.240 e. The fourth-order valence-corrected chi connectivity index (χ4v) is 3.67. The van der Waals surface area contributed by atoms with Crippen LogP contribution in [-0.4, -0.2) is 38.8 Å². The molecule has 120 valence electrons. The number of sulfonamides is 1. The second kappa shape index (κ2) is 7.02. The Bertz CT molecular complexity index is 589. The van der Waals surface area contributed by atoms with Gasteiger partial charge in [0.15, 0.2) is 0 Å². The SMILES string of the molecule is Cc1cc(F)ccc1S(=O)(=O)NCC1(O)CCCNC1.Cl. The maximum absolute atomic E-state index is 13.0. The van der Waals surface area contributed by atoms with Gasteiger partial charge in [-0.15, -0.1) is 12.4 Å². The zero-order valence-corrected chi connectivity index (χ0v) is 13.4. The third-order valence-electron chi connectivity index (χ3n) is 3.47. The van der Waals surface area contributed by atoms with E-state index < -0.39 is 21.4 Å². The van der Waals surface area contributed by atoms with E-state index in [1.165, 1.54) is 19.1 Å². The molecule has 0 amide bonds. The number of rotatable bonds is 4. The van der Waals surface area contributed by atoms with Gasteiger partial charge in [0, 0.05) is 13.1 Å². The standard InChI is InChI=1S/C13H19FN2O3S.ClH/c1-10-7-11(14)3-4-12(10)20(18,19)16-9-13(17)5-2-6-15-8-13;/h3-4,7,15-17H,2,5-6,8-9H2,1H3;1H. The Hall–Kier alpha value is -0.730. The molecule has 0 saturated carbocycles. The van der Waals surface area contributed by atoms with E-state index in [0.717, 1.165) is 19.0 Å². The molecule has 1 aromatic carbocycles. The van der Waals surface area contributed by atoms with Crippen LogP contribution in [0, 0.1) is 12.7 Å². The van der Waals surface area contributed by atoms with Crippen LogP contribution in [0.3, 0.4) is 0 Å². The summed E-state index contributed by atoms with van der Waals surface area (Å²) in [4.78, 5) is 0.0336. The van der Waals surface area contributed by atoms with Gasteiger partial charge in [-0.05, 0) is 50.1 Å². The van der Waals surface area contributed by atoms with Crippen molar-refractivity contribution in [2.24, 2.45) is 0 Å². The van der Waals surface area contributed by atoms with Crippen molar-refractivity contribution in [2.75, 3.05) is 19.6 Å². The van der Waals surface area contributed by atoms with Crippen molar-refractivity contribution in [3.8, 4) is 0 Å².